The zero-order valence-corrected chi connectivity index (χ0v) is 13.8. The van der Waals surface area contributed by atoms with Gasteiger partial charge in [-0.15, -0.1) is 0 Å². The van der Waals surface area contributed by atoms with E-state index < -0.39 is 0 Å². The number of rotatable bonds is 2. The van der Waals surface area contributed by atoms with Crippen LogP contribution in [0.1, 0.15) is 5.69 Å². The van der Waals surface area contributed by atoms with E-state index in [4.69, 9.17) is 21.6 Å². The fourth-order valence-corrected chi connectivity index (χ4v) is 2.81. The zero-order valence-electron chi connectivity index (χ0n) is 13.1. The predicted octanol–water partition coefficient (Wildman–Crippen LogP) is 5.32. The van der Waals surface area contributed by atoms with Crippen molar-refractivity contribution in [1.29, 1.82) is 0 Å². The maximum Gasteiger partial charge on any atom is 0.179 e. The molecule has 0 aliphatic carbocycles. The van der Waals surface area contributed by atoms with Gasteiger partial charge < -0.3 is 0 Å². The number of pyridine rings is 1. The first-order valence-electron chi connectivity index (χ1n) is 7.67. The smallest absolute Gasteiger partial charge is 0.179 e. The lowest BCUT2D eigenvalue weighted by Crippen LogP contribution is -1.97. The Hall–Kier alpha value is -2.78. The number of hydrogen-bond acceptors (Lipinski definition) is 3. The van der Waals surface area contributed by atoms with E-state index in [1.165, 1.54) is 0 Å². The molecule has 0 aliphatic rings. The molecule has 0 atom stereocenters. The van der Waals surface area contributed by atoms with Gasteiger partial charge in [0.15, 0.2) is 5.82 Å². The van der Waals surface area contributed by atoms with Crippen LogP contribution in [0.2, 0.25) is 5.02 Å². The Bertz CT molecular complexity index is 1030. The normalized spacial score (nSPS) is 10.9. The summed E-state index contributed by atoms with van der Waals surface area (Å²) in [6, 6.07) is 21.6. The number of para-hydroxylation sites is 1. The van der Waals surface area contributed by atoms with Crippen LogP contribution in [0.25, 0.3) is 33.7 Å². The van der Waals surface area contributed by atoms with Gasteiger partial charge in [0.2, 0.25) is 0 Å². The number of halogens is 1. The van der Waals surface area contributed by atoms with Crippen LogP contribution in [0.4, 0.5) is 0 Å². The van der Waals surface area contributed by atoms with Crippen LogP contribution < -0.4 is 0 Å². The lowest BCUT2D eigenvalue weighted by molar-refractivity contribution is 1.14. The highest BCUT2D eigenvalue weighted by molar-refractivity contribution is 6.30. The minimum Gasteiger partial charge on any atom is -0.250 e. The Morgan fingerprint density at radius 3 is 2.33 bits per heavy atom. The highest BCUT2D eigenvalue weighted by Crippen LogP contribution is 2.29. The summed E-state index contributed by atoms with van der Waals surface area (Å²) in [6.45, 7) is 1.96. The number of benzene rings is 2. The van der Waals surface area contributed by atoms with Crippen LogP contribution >= 0.6 is 11.6 Å². The van der Waals surface area contributed by atoms with E-state index in [1.807, 2.05) is 73.7 Å². The molecule has 2 heterocycles. The van der Waals surface area contributed by atoms with Crippen molar-refractivity contribution in [2.75, 3.05) is 0 Å². The predicted molar refractivity (Wildman–Crippen MR) is 98.0 cm³/mol. The van der Waals surface area contributed by atoms with E-state index in [9.17, 15) is 0 Å². The summed E-state index contributed by atoms with van der Waals surface area (Å²) in [6.07, 6.45) is 0. The Balaban J connectivity index is 1.99. The Kier molecular flexibility index (Phi) is 3.71. The fraction of sp³-hybridized carbons (Fsp3) is 0.0500. The quantitative estimate of drug-likeness (QED) is 0.499. The molecule has 4 rings (SSSR count). The summed E-state index contributed by atoms with van der Waals surface area (Å²) in [5, 5.41) is 1.72. The summed E-state index contributed by atoms with van der Waals surface area (Å²) in [5.74, 6) is 0.627. The third-order valence-electron chi connectivity index (χ3n) is 3.84. The summed E-state index contributed by atoms with van der Waals surface area (Å²) in [4.78, 5) is 14.0. The average molecular weight is 332 g/mol. The maximum atomic E-state index is 6.02. The van der Waals surface area contributed by atoms with Gasteiger partial charge in [0.25, 0.3) is 0 Å². The molecule has 0 radical (unpaired) electrons. The minimum absolute atomic E-state index is 0.627. The van der Waals surface area contributed by atoms with Crippen molar-refractivity contribution in [2.45, 2.75) is 6.92 Å². The Morgan fingerprint density at radius 2 is 1.54 bits per heavy atom. The number of aromatic nitrogens is 3. The fourth-order valence-electron chi connectivity index (χ4n) is 2.69. The molecule has 0 fully saturated rings. The van der Waals surface area contributed by atoms with E-state index in [1.54, 1.807) is 0 Å². The van der Waals surface area contributed by atoms with Gasteiger partial charge in [-0.05, 0) is 37.3 Å². The SMILES string of the molecule is Cc1cccc(-c2nc(-c3ccc(Cl)cc3)c3ccccc3n2)n1. The maximum absolute atomic E-state index is 6.02. The van der Waals surface area contributed by atoms with E-state index in [2.05, 4.69) is 4.98 Å². The molecule has 3 nitrogen and oxygen atoms in total. The van der Waals surface area contributed by atoms with Crippen molar-refractivity contribution >= 4 is 22.5 Å². The zero-order chi connectivity index (χ0) is 16.5. The standard InChI is InChI=1S/C20H14ClN3/c1-13-5-4-8-18(22-13)20-23-17-7-3-2-6-16(17)19(24-20)14-9-11-15(21)12-10-14/h2-12H,1H3. The number of nitrogens with zero attached hydrogens (tertiary/aromatic N) is 3. The number of fused-ring (bicyclic) bond motifs is 1. The third-order valence-corrected chi connectivity index (χ3v) is 4.09. The first-order valence-corrected chi connectivity index (χ1v) is 8.05. The van der Waals surface area contributed by atoms with Gasteiger partial charge >= 0.3 is 0 Å². The lowest BCUT2D eigenvalue weighted by Gasteiger charge is -2.09. The molecule has 2 aromatic carbocycles. The first kappa shape index (κ1) is 14.8. The molecule has 0 spiro atoms. The molecule has 4 heteroatoms. The van der Waals surface area contributed by atoms with E-state index in [0.29, 0.717) is 10.8 Å². The Morgan fingerprint density at radius 1 is 0.750 bits per heavy atom. The summed E-state index contributed by atoms with van der Waals surface area (Å²) >= 11 is 6.02. The second-order valence-corrected chi connectivity index (χ2v) is 6.02. The second-order valence-electron chi connectivity index (χ2n) is 5.58. The highest BCUT2D eigenvalue weighted by Gasteiger charge is 2.12. The van der Waals surface area contributed by atoms with Gasteiger partial charge in [-0.2, -0.15) is 0 Å². The monoisotopic (exact) mass is 331 g/mol. The summed E-state index contributed by atoms with van der Waals surface area (Å²) in [5.41, 5.74) is 4.51. The van der Waals surface area contributed by atoms with Gasteiger partial charge in [0, 0.05) is 21.7 Å². The van der Waals surface area contributed by atoms with Crippen LogP contribution in [-0.2, 0) is 0 Å². The molecule has 0 saturated carbocycles. The molecule has 116 valence electrons. The molecule has 4 aromatic rings. The van der Waals surface area contributed by atoms with Gasteiger partial charge in [0.05, 0.1) is 11.2 Å². The molecular formula is C20H14ClN3. The average Bonchev–Trinajstić information content (AvgIpc) is 2.61. The topological polar surface area (TPSA) is 38.7 Å². The summed E-state index contributed by atoms with van der Waals surface area (Å²) < 4.78 is 0. The van der Waals surface area contributed by atoms with E-state index in [-0.39, 0.29) is 0 Å². The van der Waals surface area contributed by atoms with Crippen LogP contribution in [0.3, 0.4) is 0 Å². The highest BCUT2D eigenvalue weighted by atomic mass is 35.5. The summed E-state index contributed by atoms with van der Waals surface area (Å²) in [7, 11) is 0. The molecule has 0 amide bonds. The van der Waals surface area contributed by atoms with Crippen molar-refractivity contribution in [3.8, 4) is 22.8 Å². The number of aryl methyl sites for hydroxylation is 1. The molecule has 24 heavy (non-hydrogen) atoms. The lowest BCUT2D eigenvalue weighted by atomic mass is 10.1. The van der Waals surface area contributed by atoms with Crippen molar-refractivity contribution in [3.63, 3.8) is 0 Å². The van der Waals surface area contributed by atoms with Gasteiger partial charge in [-0.1, -0.05) is 48.0 Å². The first-order chi connectivity index (χ1) is 11.7. The number of hydrogen-bond donors (Lipinski definition) is 0. The molecule has 0 saturated heterocycles. The van der Waals surface area contributed by atoms with Crippen molar-refractivity contribution in [2.24, 2.45) is 0 Å². The molecule has 0 bridgehead atoms. The van der Waals surface area contributed by atoms with E-state index >= 15 is 0 Å². The van der Waals surface area contributed by atoms with Crippen LogP contribution in [0.15, 0.2) is 66.7 Å². The Labute approximate surface area is 145 Å². The molecule has 0 unspecified atom stereocenters. The molecule has 0 N–H and O–H groups in total. The third kappa shape index (κ3) is 2.74. The molecule has 0 aliphatic heterocycles. The van der Waals surface area contributed by atoms with Crippen molar-refractivity contribution in [1.82, 2.24) is 15.0 Å². The van der Waals surface area contributed by atoms with E-state index in [0.717, 1.165) is 33.5 Å². The van der Waals surface area contributed by atoms with Crippen molar-refractivity contribution in [3.05, 3.63) is 77.4 Å². The van der Waals surface area contributed by atoms with Gasteiger partial charge in [-0.3, -0.25) is 0 Å². The largest absolute Gasteiger partial charge is 0.250 e. The van der Waals surface area contributed by atoms with Gasteiger partial charge in [-0.25, -0.2) is 15.0 Å². The molecule has 2 aromatic heterocycles. The minimum atomic E-state index is 0.627. The van der Waals surface area contributed by atoms with Crippen LogP contribution in [0.5, 0.6) is 0 Å². The van der Waals surface area contributed by atoms with Crippen molar-refractivity contribution < 1.29 is 0 Å². The second kappa shape index (κ2) is 6.02. The van der Waals surface area contributed by atoms with Crippen LogP contribution in [0, 0.1) is 6.92 Å². The van der Waals surface area contributed by atoms with Crippen LogP contribution in [-0.4, -0.2) is 15.0 Å². The van der Waals surface area contributed by atoms with Gasteiger partial charge in [0.1, 0.15) is 5.69 Å². The molecular weight excluding hydrogens is 318 g/mol.